The topological polar surface area (TPSA) is 46.2 Å². The van der Waals surface area contributed by atoms with Gasteiger partial charge in [-0.1, -0.05) is 46.0 Å². The third kappa shape index (κ3) is 3.74. The van der Waals surface area contributed by atoms with Crippen molar-refractivity contribution in [2.45, 2.75) is 77.4 Å². The lowest BCUT2D eigenvalue weighted by Gasteiger charge is -2.33. The Labute approximate surface area is 101 Å². The molecule has 96 valence electrons. The molecule has 1 fully saturated rings. The van der Waals surface area contributed by atoms with Crippen LogP contribution < -0.4 is 5.73 Å². The number of rotatable bonds is 2. The lowest BCUT2D eigenvalue weighted by atomic mass is 9.80. The van der Waals surface area contributed by atoms with E-state index < -0.39 is 5.60 Å². The third-order valence-electron chi connectivity index (χ3n) is 4.56. The van der Waals surface area contributed by atoms with Crippen LogP contribution in [0.25, 0.3) is 0 Å². The molecular formula is C14H29NO. The minimum absolute atomic E-state index is 0.0513. The molecule has 1 saturated carbocycles. The van der Waals surface area contributed by atoms with Crippen LogP contribution >= 0.6 is 0 Å². The summed E-state index contributed by atoms with van der Waals surface area (Å²) in [4.78, 5) is 0. The summed E-state index contributed by atoms with van der Waals surface area (Å²) in [5.41, 5.74) is 5.53. The molecule has 0 amide bonds. The van der Waals surface area contributed by atoms with Crippen molar-refractivity contribution in [3.8, 4) is 0 Å². The van der Waals surface area contributed by atoms with Crippen LogP contribution in [0.4, 0.5) is 0 Å². The van der Waals surface area contributed by atoms with Gasteiger partial charge in [0.1, 0.15) is 0 Å². The molecule has 0 spiro atoms. The molecule has 0 heterocycles. The largest absolute Gasteiger partial charge is 0.389 e. The Balaban J connectivity index is 2.66. The molecule has 1 aliphatic rings. The summed E-state index contributed by atoms with van der Waals surface area (Å²) in [5.74, 6) is 1.43. The highest BCUT2D eigenvalue weighted by atomic mass is 16.3. The molecule has 3 N–H and O–H groups in total. The molecule has 0 saturated heterocycles. The van der Waals surface area contributed by atoms with E-state index in [2.05, 4.69) is 13.8 Å². The van der Waals surface area contributed by atoms with Crippen molar-refractivity contribution >= 4 is 0 Å². The predicted molar refractivity (Wildman–Crippen MR) is 69.2 cm³/mol. The molecule has 0 aromatic rings. The van der Waals surface area contributed by atoms with E-state index in [1.165, 1.54) is 25.7 Å². The van der Waals surface area contributed by atoms with Crippen molar-refractivity contribution < 1.29 is 5.11 Å². The van der Waals surface area contributed by atoms with E-state index in [0.717, 1.165) is 25.2 Å². The van der Waals surface area contributed by atoms with Crippen molar-refractivity contribution in [3.63, 3.8) is 0 Å². The second-order valence-electron chi connectivity index (χ2n) is 5.94. The molecule has 2 heteroatoms. The van der Waals surface area contributed by atoms with Crippen LogP contribution in [0.1, 0.15) is 65.7 Å². The zero-order chi connectivity index (χ0) is 12.2. The first-order valence-corrected chi connectivity index (χ1v) is 6.95. The highest BCUT2D eigenvalue weighted by Gasteiger charge is 2.32. The van der Waals surface area contributed by atoms with Crippen LogP contribution in [-0.2, 0) is 0 Å². The fourth-order valence-corrected chi connectivity index (χ4v) is 2.80. The molecule has 0 aliphatic heterocycles. The molecule has 1 aliphatic carbocycles. The normalized spacial score (nSPS) is 39.6. The molecule has 1 rings (SSSR count). The molecule has 0 aromatic heterocycles. The number of nitrogens with two attached hydrogens (primary N) is 1. The summed E-state index contributed by atoms with van der Waals surface area (Å²) >= 11 is 0. The molecule has 0 radical (unpaired) electrons. The van der Waals surface area contributed by atoms with Crippen LogP contribution in [0.3, 0.4) is 0 Å². The fraction of sp³-hybridized carbons (Fsp3) is 1.00. The van der Waals surface area contributed by atoms with Crippen molar-refractivity contribution in [1.29, 1.82) is 0 Å². The van der Waals surface area contributed by atoms with Crippen LogP contribution in [0.15, 0.2) is 0 Å². The molecule has 0 aromatic carbocycles. The maximum Gasteiger partial charge on any atom is 0.0770 e. The Morgan fingerprint density at radius 1 is 1.38 bits per heavy atom. The Bertz CT molecular complexity index is 203. The van der Waals surface area contributed by atoms with Crippen molar-refractivity contribution in [3.05, 3.63) is 0 Å². The number of hydrogen-bond donors (Lipinski definition) is 2. The van der Waals surface area contributed by atoms with E-state index in [4.69, 9.17) is 5.73 Å². The molecule has 4 atom stereocenters. The van der Waals surface area contributed by atoms with E-state index in [9.17, 15) is 5.11 Å². The quantitative estimate of drug-likeness (QED) is 0.761. The Morgan fingerprint density at radius 3 is 2.69 bits per heavy atom. The van der Waals surface area contributed by atoms with Crippen LogP contribution in [0.2, 0.25) is 0 Å². The number of aliphatic hydroxyl groups is 1. The van der Waals surface area contributed by atoms with Gasteiger partial charge >= 0.3 is 0 Å². The van der Waals surface area contributed by atoms with Gasteiger partial charge in [-0.15, -0.1) is 0 Å². The molecule has 16 heavy (non-hydrogen) atoms. The Kier molecular flexibility index (Phi) is 5.26. The maximum atomic E-state index is 10.3. The molecule has 0 bridgehead atoms. The smallest absolute Gasteiger partial charge is 0.0770 e. The van der Waals surface area contributed by atoms with Gasteiger partial charge in [-0.25, -0.2) is 0 Å². The number of hydrogen-bond acceptors (Lipinski definition) is 2. The van der Waals surface area contributed by atoms with E-state index in [-0.39, 0.29) is 6.04 Å². The van der Waals surface area contributed by atoms with Crippen LogP contribution in [-0.4, -0.2) is 16.7 Å². The van der Waals surface area contributed by atoms with E-state index in [1.54, 1.807) is 0 Å². The SMILES string of the molecule is CCC(C)C1CCCCCC(C)(O)C(N)C1. The monoisotopic (exact) mass is 227 g/mol. The Morgan fingerprint density at radius 2 is 2.06 bits per heavy atom. The minimum Gasteiger partial charge on any atom is -0.389 e. The van der Waals surface area contributed by atoms with Gasteiger partial charge in [-0.2, -0.15) is 0 Å². The Hall–Kier alpha value is -0.0800. The predicted octanol–water partition coefficient (Wildman–Crippen LogP) is 3.08. The fourth-order valence-electron chi connectivity index (χ4n) is 2.80. The summed E-state index contributed by atoms with van der Waals surface area (Å²) in [6.07, 6.45) is 8.03. The molecular weight excluding hydrogens is 198 g/mol. The summed E-state index contributed by atoms with van der Waals surface area (Å²) in [6.45, 7) is 6.49. The summed E-state index contributed by atoms with van der Waals surface area (Å²) in [7, 11) is 0. The average molecular weight is 227 g/mol. The van der Waals surface area contributed by atoms with Gasteiger partial charge in [0.05, 0.1) is 5.60 Å². The first-order chi connectivity index (χ1) is 7.47. The summed E-state index contributed by atoms with van der Waals surface area (Å²) < 4.78 is 0. The van der Waals surface area contributed by atoms with Crippen molar-refractivity contribution in [2.24, 2.45) is 17.6 Å². The minimum atomic E-state index is -0.657. The molecule has 2 nitrogen and oxygen atoms in total. The first-order valence-electron chi connectivity index (χ1n) is 6.95. The van der Waals surface area contributed by atoms with Gasteiger partial charge in [0.25, 0.3) is 0 Å². The second kappa shape index (κ2) is 6.02. The zero-order valence-electron chi connectivity index (χ0n) is 11.2. The van der Waals surface area contributed by atoms with Gasteiger partial charge < -0.3 is 10.8 Å². The summed E-state index contributed by atoms with van der Waals surface area (Å²) in [5, 5.41) is 10.3. The second-order valence-corrected chi connectivity index (χ2v) is 5.94. The highest BCUT2D eigenvalue weighted by molar-refractivity contribution is 4.88. The lowest BCUT2D eigenvalue weighted by molar-refractivity contribution is 0.0140. The van der Waals surface area contributed by atoms with Gasteiger partial charge in [0.15, 0.2) is 0 Å². The van der Waals surface area contributed by atoms with E-state index in [0.29, 0.717) is 5.92 Å². The lowest BCUT2D eigenvalue weighted by Crippen LogP contribution is -2.46. The average Bonchev–Trinajstić information content (AvgIpc) is 2.30. The highest BCUT2D eigenvalue weighted by Crippen LogP contribution is 2.32. The molecule has 4 unspecified atom stereocenters. The van der Waals surface area contributed by atoms with Gasteiger partial charge in [0.2, 0.25) is 0 Å². The zero-order valence-corrected chi connectivity index (χ0v) is 11.2. The van der Waals surface area contributed by atoms with Crippen LogP contribution in [0, 0.1) is 11.8 Å². The third-order valence-corrected chi connectivity index (χ3v) is 4.56. The standard InChI is InChI=1S/C14H29NO/c1-4-11(2)12-8-6-5-7-9-14(3,16)13(15)10-12/h11-13,16H,4-10,15H2,1-3H3. The first kappa shape index (κ1) is 14.0. The van der Waals surface area contributed by atoms with Gasteiger partial charge in [-0.3, -0.25) is 0 Å². The van der Waals surface area contributed by atoms with E-state index in [1.807, 2.05) is 6.92 Å². The van der Waals surface area contributed by atoms with Gasteiger partial charge in [0, 0.05) is 6.04 Å². The maximum absolute atomic E-state index is 10.3. The van der Waals surface area contributed by atoms with Crippen LogP contribution in [0.5, 0.6) is 0 Å². The van der Waals surface area contributed by atoms with Crippen molar-refractivity contribution in [2.75, 3.05) is 0 Å². The summed E-state index contributed by atoms with van der Waals surface area (Å²) in [6, 6.07) is -0.0513. The van der Waals surface area contributed by atoms with Gasteiger partial charge in [-0.05, 0) is 31.6 Å². The van der Waals surface area contributed by atoms with E-state index >= 15 is 0 Å². The van der Waals surface area contributed by atoms with Crippen molar-refractivity contribution in [1.82, 2.24) is 0 Å².